The number of nitrogens with zero attached hydrogens (tertiary/aromatic N) is 1. The summed E-state index contributed by atoms with van der Waals surface area (Å²) in [6, 6.07) is 7.60. The van der Waals surface area contributed by atoms with Crippen molar-refractivity contribution in [2.24, 2.45) is 0 Å². The molecule has 1 aliphatic rings. The number of pyridine rings is 1. The number of aryl methyl sites for hydroxylation is 1. The summed E-state index contributed by atoms with van der Waals surface area (Å²) >= 11 is 0. The van der Waals surface area contributed by atoms with Crippen molar-refractivity contribution in [1.82, 2.24) is 4.98 Å². The summed E-state index contributed by atoms with van der Waals surface area (Å²) in [4.78, 5) is 15.5. The van der Waals surface area contributed by atoms with Crippen molar-refractivity contribution in [2.45, 2.75) is 25.7 Å². The van der Waals surface area contributed by atoms with Crippen molar-refractivity contribution in [1.29, 1.82) is 0 Å². The second kappa shape index (κ2) is 4.29. The second-order valence-electron chi connectivity index (χ2n) is 4.55. The van der Waals surface area contributed by atoms with Crippen LogP contribution < -0.4 is 10.4 Å². The molecule has 1 aromatic carbocycles. The fourth-order valence-electron chi connectivity index (χ4n) is 2.62. The standard InChI is InChI=1S/C14H14N2O2/c17-14(18)16-13-9-5-1-3-7-11(9)15-12-8-4-2-6-10(12)13/h1,3,5,7H,2,4,6,8H2,(H,15,16)(H,17,18)/p-1. The van der Waals surface area contributed by atoms with Gasteiger partial charge >= 0.3 is 0 Å². The third-order valence-corrected chi connectivity index (χ3v) is 3.40. The molecule has 0 saturated carbocycles. The number of carbonyl (C=O) groups excluding carboxylic acids is 1. The lowest BCUT2D eigenvalue weighted by Gasteiger charge is -2.21. The number of aromatic nitrogens is 1. The van der Waals surface area contributed by atoms with Gasteiger partial charge in [0.25, 0.3) is 0 Å². The van der Waals surface area contributed by atoms with Crippen molar-refractivity contribution < 1.29 is 9.90 Å². The van der Waals surface area contributed by atoms with Gasteiger partial charge in [0, 0.05) is 11.1 Å². The van der Waals surface area contributed by atoms with Gasteiger partial charge in [-0.1, -0.05) is 18.2 Å². The topological polar surface area (TPSA) is 65.0 Å². The number of hydrogen-bond donors (Lipinski definition) is 1. The molecule has 1 aromatic heterocycles. The summed E-state index contributed by atoms with van der Waals surface area (Å²) in [6.45, 7) is 0. The summed E-state index contributed by atoms with van der Waals surface area (Å²) in [5.41, 5.74) is 3.55. The molecular formula is C14H13N2O2-. The van der Waals surface area contributed by atoms with Crippen LogP contribution in [0.4, 0.5) is 10.5 Å². The number of carboxylic acid groups (broad SMARTS) is 1. The van der Waals surface area contributed by atoms with E-state index < -0.39 is 6.09 Å². The molecule has 2 aromatic rings. The van der Waals surface area contributed by atoms with Crippen molar-refractivity contribution in [2.75, 3.05) is 5.32 Å². The molecule has 4 nitrogen and oxygen atoms in total. The molecule has 1 N–H and O–H groups in total. The van der Waals surface area contributed by atoms with E-state index in [9.17, 15) is 9.90 Å². The number of anilines is 1. The molecule has 0 bridgehead atoms. The van der Waals surface area contributed by atoms with Gasteiger partial charge < -0.3 is 15.2 Å². The van der Waals surface area contributed by atoms with Crippen LogP contribution in [0.25, 0.3) is 10.9 Å². The Bertz CT molecular complexity index is 622. The Morgan fingerprint density at radius 3 is 2.83 bits per heavy atom. The third-order valence-electron chi connectivity index (χ3n) is 3.40. The lowest BCUT2D eigenvalue weighted by Crippen LogP contribution is -2.30. The van der Waals surface area contributed by atoms with Crippen LogP contribution in [0.15, 0.2) is 24.3 Å². The Kier molecular flexibility index (Phi) is 2.63. The van der Waals surface area contributed by atoms with Crippen LogP contribution in [0.5, 0.6) is 0 Å². The Balaban J connectivity index is 2.28. The van der Waals surface area contributed by atoms with Gasteiger partial charge in [-0.2, -0.15) is 0 Å². The fourth-order valence-corrected chi connectivity index (χ4v) is 2.62. The van der Waals surface area contributed by atoms with Gasteiger partial charge in [-0.05, 0) is 37.3 Å². The van der Waals surface area contributed by atoms with Crippen LogP contribution in [0.2, 0.25) is 0 Å². The number of nitrogens with one attached hydrogen (secondary N) is 1. The van der Waals surface area contributed by atoms with Gasteiger partial charge in [0.05, 0.1) is 11.2 Å². The zero-order chi connectivity index (χ0) is 12.5. The van der Waals surface area contributed by atoms with Crippen LogP contribution >= 0.6 is 0 Å². The van der Waals surface area contributed by atoms with Gasteiger partial charge in [0.15, 0.2) is 0 Å². The predicted molar refractivity (Wildman–Crippen MR) is 67.4 cm³/mol. The SMILES string of the molecule is O=C([O-])Nc1c2c(nc3ccccc13)CCCC2. The molecule has 3 rings (SSSR count). The number of amides is 1. The number of para-hydroxylation sites is 1. The fraction of sp³-hybridized carbons (Fsp3) is 0.286. The number of carbonyl (C=O) groups is 1. The molecule has 92 valence electrons. The molecule has 1 aliphatic carbocycles. The summed E-state index contributed by atoms with van der Waals surface area (Å²) < 4.78 is 0. The number of benzene rings is 1. The van der Waals surface area contributed by atoms with Crippen LogP contribution in [0.3, 0.4) is 0 Å². The third kappa shape index (κ3) is 1.79. The van der Waals surface area contributed by atoms with Gasteiger partial charge in [0.1, 0.15) is 6.09 Å². The second-order valence-corrected chi connectivity index (χ2v) is 4.55. The average Bonchev–Trinajstić information content (AvgIpc) is 2.38. The molecule has 4 heteroatoms. The van der Waals surface area contributed by atoms with Crippen LogP contribution in [-0.4, -0.2) is 11.1 Å². The van der Waals surface area contributed by atoms with Gasteiger partial charge in [0.2, 0.25) is 0 Å². The Morgan fingerprint density at radius 1 is 1.22 bits per heavy atom. The quantitative estimate of drug-likeness (QED) is 0.828. The number of fused-ring (bicyclic) bond motifs is 2. The van der Waals surface area contributed by atoms with Crippen LogP contribution in [0, 0.1) is 0 Å². The first-order valence-corrected chi connectivity index (χ1v) is 6.14. The highest BCUT2D eigenvalue weighted by molar-refractivity contribution is 5.99. The number of rotatable bonds is 1. The first-order chi connectivity index (χ1) is 8.75. The molecule has 18 heavy (non-hydrogen) atoms. The van der Waals surface area contributed by atoms with E-state index in [0.717, 1.165) is 47.8 Å². The minimum Gasteiger partial charge on any atom is -0.530 e. The maximum atomic E-state index is 10.9. The zero-order valence-corrected chi connectivity index (χ0v) is 9.90. The molecule has 0 radical (unpaired) electrons. The Morgan fingerprint density at radius 2 is 2.00 bits per heavy atom. The summed E-state index contributed by atoms with van der Waals surface area (Å²) in [5.74, 6) is 0. The average molecular weight is 241 g/mol. The van der Waals surface area contributed by atoms with Crippen molar-refractivity contribution in [3.05, 3.63) is 35.5 Å². The molecule has 0 spiro atoms. The smallest absolute Gasteiger partial charge is 0.138 e. The van der Waals surface area contributed by atoms with Crippen LogP contribution in [0.1, 0.15) is 24.1 Å². The van der Waals surface area contributed by atoms with Gasteiger partial charge in [-0.3, -0.25) is 4.98 Å². The first-order valence-electron chi connectivity index (χ1n) is 6.14. The Labute approximate surface area is 105 Å². The van der Waals surface area contributed by atoms with E-state index in [1.165, 1.54) is 0 Å². The minimum atomic E-state index is -1.26. The van der Waals surface area contributed by atoms with E-state index >= 15 is 0 Å². The summed E-state index contributed by atoms with van der Waals surface area (Å²) in [7, 11) is 0. The molecule has 1 heterocycles. The lowest BCUT2D eigenvalue weighted by atomic mass is 9.93. The summed E-state index contributed by atoms with van der Waals surface area (Å²) in [5, 5.41) is 14.1. The first kappa shape index (κ1) is 11.0. The maximum Gasteiger partial charge on any atom is 0.138 e. The zero-order valence-electron chi connectivity index (χ0n) is 9.90. The van der Waals surface area contributed by atoms with Crippen molar-refractivity contribution in [3.8, 4) is 0 Å². The number of hydrogen-bond acceptors (Lipinski definition) is 3. The van der Waals surface area contributed by atoms with E-state index in [4.69, 9.17) is 0 Å². The normalized spacial score (nSPS) is 14.2. The molecule has 1 amide bonds. The van der Waals surface area contributed by atoms with E-state index in [0.29, 0.717) is 5.69 Å². The van der Waals surface area contributed by atoms with E-state index in [1.807, 2.05) is 24.3 Å². The maximum absolute atomic E-state index is 10.9. The van der Waals surface area contributed by atoms with Crippen molar-refractivity contribution >= 4 is 22.7 Å². The molecular weight excluding hydrogens is 228 g/mol. The van der Waals surface area contributed by atoms with Crippen molar-refractivity contribution in [3.63, 3.8) is 0 Å². The Hall–Kier alpha value is -2.10. The highest BCUT2D eigenvalue weighted by Gasteiger charge is 2.17. The molecule has 0 aliphatic heterocycles. The van der Waals surface area contributed by atoms with E-state index in [2.05, 4.69) is 10.3 Å². The van der Waals surface area contributed by atoms with Gasteiger partial charge in [-0.15, -0.1) is 0 Å². The largest absolute Gasteiger partial charge is 0.530 e. The van der Waals surface area contributed by atoms with E-state index in [1.54, 1.807) is 0 Å². The van der Waals surface area contributed by atoms with Gasteiger partial charge in [-0.25, -0.2) is 0 Å². The highest BCUT2D eigenvalue weighted by Crippen LogP contribution is 2.32. The molecule has 0 saturated heterocycles. The van der Waals surface area contributed by atoms with E-state index in [-0.39, 0.29) is 0 Å². The molecule has 0 fully saturated rings. The van der Waals surface area contributed by atoms with Crippen LogP contribution in [-0.2, 0) is 12.8 Å². The molecule has 0 unspecified atom stereocenters. The predicted octanol–water partition coefficient (Wildman–Crippen LogP) is 1.87. The molecule has 0 atom stereocenters. The highest BCUT2D eigenvalue weighted by atomic mass is 16.4. The summed E-state index contributed by atoms with van der Waals surface area (Å²) in [6.07, 6.45) is 2.72. The minimum absolute atomic E-state index is 0.662. The monoisotopic (exact) mass is 241 g/mol. The lowest BCUT2D eigenvalue weighted by molar-refractivity contribution is -0.242.